The van der Waals surface area contributed by atoms with E-state index in [2.05, 4.69) is 10.6 Å². The SMILES string of the molecule is CC(C)(C)NC(=O)c1ccc(C(=O)Nc2ccccc2C#N)cc1. The first-order chi connectivity index (χ1) is 11.3. The van der Waals surface area contributed by atoms with Gasteiger partial charge in [-0.2, -0.15) is 5.26 Å². The fourth-order valence-corrected chi connectivity index (χ4v) is 2.07. The molecule has 0 saturated carbocycles. The third-order valence-electron chi connectivity index (χ3n) is 3.19. The number of nitrogens with one attached hydrogen (secondary N) is 2. The van der Waals surface area contributed by atoms with Gasteiger partial charge in [0.1, 0.15) is 6.07 Å². The Morgan fingerprint density at radius 1 is 0.917 bits per heavy atom. The van der Waals surface area contributed by atoms with E-state index in [-0.39, 0.29) is 17.4 Å². The van der Waals surface area contributed by atoms with E-state index < -0.39 is 0 Å². The summed E-state index contributed by atoms with van der Waals surface area (Å²) in [5.74, 6) is -0.523. The van der Waals surface area contributed by atoms with E-state index in [4.69, 9.17) is 5.26 Å². The number of hydrogen-bond donors (Lipinski definition) is 2. The van der Waals surface area contributed by atoms with Crippen LogP contribution in [0, 0.1) is 11.3 Å². The first kappa shape index (κ1) is 17.2. The molecule has 2 aromatic rings. The summed E-state index contributed by atoms with van der Waals surface area (Å²) in [6, 6.07) is 15.2. The molecule has 0 aliphatic rings. The van der Waals surface area contributed by atoms with Crippen LogP contribution in [0.25, 0.3) is 0 Å². The Labute approximate surface area is 141 Å². The highest BCUT2D eigenvalue weighted by atomic mass is 16.2. The van der Waals surface area contributed by atoms with Crippen molar-refractivity contribution in [1.82, 2.24) is 5.32 Å². The maximum Gasteiger partial charge on any atom is 0.255 e. The minimum absolute atomic E-state index is 0.190. The van der Waals surface area contributed by atoms with Gasteiger partial charge in [-0.25, -0.2) is 0 Å². The Balaban J connectivity index is 2.12. The number of benzene rings is 2. The lowest BCUT2D eigenvalue weighted by Gasteiger charge is -2.20. The van der Waals surface area contributed by atoms with Gasteiger partial charge in [0.25, 0.3) is 11.8 Å². The topological polar surface area (TPSA) is 82.0 Å². The van der Waals surface area contributed by atoms with Gasteiger partial charge < -0.3 is 10.6 Å². The number of anilines is 1. The van der Waals surface area contributed by atoms with Gasteiger partial charge in [0.2, 0.25) is 0 Å². The van der Waals surface area contributed by atoms with E-state index >= 15 is 0 Å². The van der Waals surface area contributed by atoms with Gasteiger partial charge in [-0.15, -0.1) is 0 Å². The number of nitriles is 1. The third kappa shape index (κ3) is 4.43. The summed E-state index contributed by atoms with van der Waals surface area (Å²) in [5.41, 5.74) is 1.43. The Morgan fingerprint density at radius 3 is 2.00 bits per heavy atom. The molecule has 0 heterocycles. The van der Waals surface area contributed by atoms with Crippen molar-refractivity contribution >= 4 is 17.5 Å². The second kappa shape index (κ2) is 6.97. The molecule has 0 aromatic heterocycles. The van der Waals surface area contributed by atoms with E-state index in [9.17, 15) is 9.59 Å². The number of amides is 2. The summed E-state index contributed by atoms with van der Waals surface area (Å²) in [4.78, 5) is 24.3. The number of carbonyl (C=O) groups excluding carboxylic acids is 2. The van der Waals surface area contributed by atoms with Crippen LogP contribution in [0.2, 0.25) is 0 Å². The van der Waals surface area contributed by atoms with Crippen LogP contribution in [0.15, 0.2) is 48.5 Å². The molecule has 122 valence electrons. The lowest BCUT2D eigenvalue weighted by atomic mass is 10.1. The van der Waals surface area contributed by atoms with Crippen LogP contribution in [0.3, 0.4) is 0 Å². The van der Waals surface area contributed by atoms with E-state index in [1.807, 2.05) is 26.8 Å². The molecule has 2 N–H and O–H groups in total. The molecule has 0 spiro atoms. The molecule has 0 fully saturated rings. The maximum absolute atomic E-state index is 12.3. The fraction of sp³-hybridized carbons (Fsp3) is 0.211. The summed E-state index contributed by atoms with van der Waals surface area (Å²) in [5, 5.41) is 14.6. The van der Waals surface area contributed by atoms with Crippen molar-refractivity contribution in [3.8, 4) is 6.07 Å². The molecule has 2 amide bonds. The van der Waals surface area contributed by atoms with E-state index in [1.165, 1.54) is 0 Å². The minimum Gasteiger partial charge on any atom is -0.347 e. The smallest absolute Gasteiger partial charge is 0.255 e. The zero-order chi connectivity index (χ0) is 17.7. The molecule has 0 aliphatic carbocycles. The molecule has 0 unspecified atom stereocenters. The third-order valence-corrected chi connectivity index (χ3v) is 3.19. The Morgan fingerprint density at radius 2 is 1.46 bits per heavy atom. The molecule has 24 heavy (non-hydrogen) atoms. The largest absolute Gasteiger partial charge is 0.347 e. The summed E-state index contributed by atoms with van der Waals surface area (Å²) < 4.78 is 0. The number of nitrogens with zero attached hydrogens (tertiary/aromatic N) is 1. The van der Waals surface area contributed by atoms with Crippen LogP contribution in [0.1, 0.15) is 47.1 Å². The highest BCUT2D eigenvalue weighted by Crippen LogP contribution is 2.15. The average Bonchev–Trinajstić information content (AvgIpc) is 2.54. The Kier molecular flexibility index (Phi) is 5.00. The van der Waals surface area contributed by atoms with Crippen molar-refractivity contribution in [1.29, 1.82) is 5.26 Å². The predicted molar refractivity (Wildman–Crippen MR) is 92.8 cm³/mol. The summed E-state index contributed by atoms with van der Waals surface area (Å²) in [6.45, 7) is 5.71. The van der Waals surface area contributed by atoms with E-state index in [1.54, 1.807) is 48.5 Å². The summed E-state index contributed by atoms with van der Waals surface area (Å²) >= 11 is 0. The van der Waals surface area contributed by atoms with Gasteiger partial charge in [0.05, 0.1) is 11.3 Å². The van der Waals surface area contributed by atoms with Crippen molar-refractivity contribution in [2.75, 3.05) is 5.32 Å². The number of carbonyl (C=O) groups is 2. The summed E-state index contributed by atoms with van der Waals surface area (Å²) in [6.07, 6.45) is 0. The van der Waals surface area contributed by atoms with Gasteiger partial charge in [-0.05, 0) is 57.2 Å². The minimum atomic E-state index is -0.333. The number of para-hydroxylation sites is 1. The molecule has 0 bridgehead atoms. The number of hydrogen-bond acceptors (Lipinski definition) is 3. The van der Waals surface area contributed by atoms with Gasteiger partial charge in [0.15, 0.2) is 0 Å². The molecule has 0 saturated heterocycles. The van der Waals surface area contributed by atoms with Crippen molar-refractivity contribution in [3.63, 3.8) is 0 Å². The lowest BCUT2D eigenvalue weighted by molar-refractivity contribution is 0.0918. The average molecular weight is 321 g/mol. The second-order valence-electron chi connectivity index (χ2n) is 6.39. The molecule has 0 atom stereocenters. The molecular formula is C19H19N3O2. The molecule has 0 radical (unpaired) electrons. The molecule has 0 aliphatic heterocycles. The predicted octanol–water partition coefficient (Wildman–Crippen LogP) is 3.34. The van der Waals surface area contributed by atoms with Crippen LogP contribution >= 0.6 is 0 Å². The first-order valence-corrected chi connectivity index (χ1v) is 7.53. The zero-order valence-electron chi connectivity index (χ0n) is 13.9. The molecular weight excluding hydrogens is 302 g/mol. The highest BCUT2D eigenvalue weighted by molar-refractivity contribution is 6.05. The van der Waals surface area contributed by atoms with Crippen LogP contribution in [-0.4, -0.2) is 17.4 Å². The van der Waals surface area contributed by atoms with Crippen molar-refractivity contribution < 1.29 is 9.59 Å². The van der Waals surface area contributed by atoms with Crippen LogP contribution in [-0.2, 0) is 0 Å². The summed E-state index contributed by atoms with van der Waals surface area (Å²) in [7, 11) is 0. The standard InChI is InChI=1S/C19H19N3O2/c1-19(2,3)22-18(24)14-10-8-13(9-11-14)17(23)21-16-7-5-4-6-15(16)12-20/h4-11H,1-3H3,(H,21,23)(H,22,24). The highest BCUT2D eigenvalue weighted by Gasteiger charge is 2.16. The molecule has 5 heteroatoms. The molecule has 2 aromatic carbocycles. The van der Waals surface area contributed by atoms with Gasteiger partial charge >= 0.3 is 0 Å². The van der Waals surface area contributed by atoms with Gasteiger partial charge in [-0.3, -0.25) is 9.59 Å². The maximum atomic E-state index is 12.3. The van der Waals surface area contributed by atoms with Gasteiger partial charge in [-0.1, -0.05) is 12.1 Å². The van der Waals surface area contributed by atoms with Crippen LogP contribution < -0.4 is 10.6 Å². The second-order valence-corrected chi connectivity index (χ2v) is 6.39. The van der Waals surface area contributed by atoms with Crippen molar-refractivity contribution in [3.05, 3.63) is 65.2 Å². The number of rotatable bonds is 3. The monoisotopic (exact) mass is 321 g/mol. The quantitative estimate of drug-likeness (QED) is 0.909. The fourth-order valence-electron chi connectivity index (χ4n) is 2.07. The normalized spacial score (nSPS) is 10.6. The van der Waals surface area contributed by atoms with E-state index in [0.717, 1.165) is 0 Å². The Hall–Kier alpha value is -3.13. The van der Waals surface area contributed by atoms with Crippen molar-refractivity contribution in [2.45, 2.75) is 26.3 Å². The van der Waals surface area contributed by atoms with Crippen molar-refractivity contribution in [2.24, 2.45) is 0 Å². The van der Waals surface area contributed by atoms with Gasteiger partial charge in [0, 0.05) is 16.7 Å². The van der Waals surface area contributed by atoms with Crippen LogP contribution in [0.4, 0.5) is 5.69 Å². The molecule has 2 rings (SSSR count). The zero-order valence-corrected chi connectivity index (χ0v) is 13.9. The lowest BCUT2D eigenvalue weighted by Crippen LogP contribution is -2.40. The molecule has 5 nitrogen and oxygen atoms in total. The first-order valence-electron chi connectivity index (χ1n) is 7.53. The van der Waals surface area contributed by atoms with E-state index in [0.29, 0.717) is 22.4 Å². The van der Waals surface area contributed by atoms with Crippen LogP contribution in [0.5, 0.6) is 0 Å². The Bertz CT molecular complexity index is 797.